The van der Waals surface area contributed by atoms with Crippen LogP contribution in [0.3, 0.4) is 0 Å². The summed E-state index contributed by atoms with van der Waals surface area (Å²) in [4.78, 5) is 38.5. The van der Waals surface area contributed by atoms with Crippen LogP contribution >= 0.6 is 0 Å². The van der Waals surface area contributed by atoms with Crippen molar-refractivity contribution in [2.24, 2.45) is 5.41 Å². The average Bonchev–Trinajstić information content (AvgIpc) is 3.44. The third-order valence-electron chi connectivity index (χ3n) is 7.13. The topological polar surface area (TPSA) is 105 Å². The van der Waals surface area contributed by atoms with Crippen molar-refractivity contribution in [1.82, 2.24) is 10.2 Å². The van der Waals surface area contributed by atoms with Gasteiger partial charge in [-0.25, -0.2) is 4.79 Å². The molecule has 8 nitrogen and oxygen atoms in total. The average molecular weight is 467 g/mol. The number of amides is 2. The van der Waals surface area contributed by atoms with Crippen molar-refractivity contribution >= 4 is 18.0 Å². The van der Waals surface area contributed by atoms with Gasteiger partial charge in [-0.3, -0.25) is 9.59 Å². The number of ether oxygens (including phenoxy) is 2. The fourth-order valence-electron chi connectivity index (χ4n) is 4.98. The molecule has 8 heteroatoms. The fourth-order valence-corrected chi connectivity index (χ4v) is 4.98. The summed E-state index contributed by atoms with van der Waals surface area (Å²) in [6.07, 6.45) is -0.698. The van der Waals surface area contributed by atoms with Crippen LogP contribution in [0.5, 0.6) is 0 Å². The maximum absolute atomic E-state index is 12.9. The third-order valence-corrected chi connectivity index (χ3v) is 7.13. The lowest BCUT2D eigenvalue weighted by Crippen LogP contribution is -2.46. The summed E-state index contributed by atoms with van der Waals surface area (Å²) in [5.74, 6) is -1.28. The predicted molar refractivity (Wildman–Crippen MR) is 125 cm³/mol. The molecule has 2 atom stereocenters. The van der Waals surface area contributed by atoms with Crippen LogP contribution in [0.25, 0.3) is 11.1 Å². The van der Waals surface area contributed by atoms with E-state index in [9.17, 15) is 19.5 Å². The van der Waals surface area contributed by atoms with E-state index >= 15 is 0 Å². The number of aliphatic carboxylic acids is 1. The Morgan fingerprint density at radius 2 is 1.74 bits per heavy atom. The Morgan fingerprint density at radius 3 is 2.26 bits per heavy atom. The van der Waals surface area contributed by atoms with E-state index in [2.05, 4.69) is 17.4 Å². The van der Waals surface area contributed by atoms with Crippen molar-refractivity contribution in [1.29, 1.82) is 0 Å². The van der Waals surface area contributed by atoms with Crippen molar-refractivity contribution in [3.63, 3.8) is 0 Å². The molecule has 1 saturated heterocycles. The zero-order chi connectivity index (χ0) is 24.3. The number of hydrogen-bond donors (Lipinski definition) is 2. The van der Waals surface area contributed by atoms with Crippen molar-refractivity contribution < 1.29 is 29.0 Å². The van der Waals surface area contributed by atoms with Gasteiger partial charge < -0.3 is 24.8 Å². The molecule has 0 radical (unpaired) electrons. The Morgan fingerprint density at radius 1 is 1.12 bits per heavy atom. The van der Waals surface area contributed by atoms with Gasteiger partial charge in [0.05, 0.1) is 12.0 Å². The monoisotopic (exact) mass is 466 g/mol. The Hall–Kier alpha value is -3.39. The van der Waals surface area contributed by atoms with Crippen molar-refractivity contribution in [2.75, 3.05) is 33.4 Å². The van der Waals surface area contributed by atoms with Gasteiger partial charge in [-0.15, -0.1) is 0 Å². The Labute approximate surface area is 198 Å². The van der Waals surface area contributed by atoms with Gasteiger partial charge in [0.25, 0.3) is 5.91 Å². The van der Waals surface area contributed by atoms with Gasteiger partial charge in [0.1, 0.15) is 6.61 Å². The van der Waals surface area contributed by atoms with E-state index in [0.29, 0.717) is 19.4 Å². The van der Waals surface area contributed by atoms with Crippen LogP contribution in [0.2, 0.25) is 0 Å². The molecule has 1 aliphatic carbocycles. The molecule has 2 aliphatic rings. The second-order valence-electron chi connectivity index (χ2n) is 8.88. The standard InChI is InChI=1S/C26H30N2O6/c1-3-26(24(30)31)12-13-28(16-26)23(29)22(33-2)14-27-25(32)34-15-21-19-10-6-4-8-17(19)18-9-5-7-11-20(18)21/h4-11,21-22H,3,12-16H2,1-2H3,(H,27,32)(H,30,31). The van der Waals surface area contributed by atoms with Gasteiger partial charge in [0.15, 0.2) is 6.10 Å². The molecule has 1 aliphatic heterocycles. The number of carbonyl (C=O) groups is 3. The van der Waals surface area contributed by atoms with E-state index in [-0.39, 0.29) is 31.5 Å². The fraction of sp³-hybridized carbons (Fsp3) is 0.423. The van der Waals surface area contributed by atoms with Crippen LogP contribution in [-0.2, 0) is 19.1 Å². The molecule has 0 aromatic heterocycles. The first-order valence-electron chi connectivity index (χ1n) is 11.5. The molecule has 34 heavy (non-hydrogen) atoms. The number of likely N-dealkylation sites (tertiary alicyclic amines) is 1. The molecule has 1 fully saturated rings. The minimum absolute atomic E-state index is 0.0548. The highest BCUT2D eigenvalue weighted by Gasteiger charge is 2.45. The number of rotatable bonds is 8. The molecule has 0 bridgehead atoms. The minimum Gasteiger partial charge on any atom is -0.481 e. The maximum Gasteiger partial charge on any atom is 0.407 e. The van der Waals surface area contributed by atoms with Crippen LogP contribution in [-0.4, -0.2) is 67.4 Å². The number of benzene rings is 2. The number of carbonyl (C=O) groups excluding carboxylic acids is 2. The summed E-state index contributed by atoms with van der Waals surface area (Å²) >= 11 is 0. The summed E-state index contributed by atoms with van der Waals surface area (Å²) in [6, 6.07) is 16.2. The quantitative estimate of drug-likeness (QED) is 0.619. The normalized spacial score (nSPS) is 19.9. The van der Waals surface area contributed by atoms with E-state index in [4.69, 9.17) is 9.47 Å². The lowest BCUT2D eigenvalue weighted by Gasteiger charge is -2.25. The number of nitrogens with zero attached hydrogens (tertiary/aromatic N) is 1. The second-order valence-corrected chi connectivity index (χ2v) is 8.88. The van der Waals surface area contributed by atoms with Crippen LogP contribution < -0.4 is 5.32 Å². The van der Waals surface area contributed by atoms with E-state index in [1.165, 1.54) is 12.0 Å². The van der Waals surface area contributed by atoms with Gasteiger partial charge in [0, 0.05) is 26.1 Å². The van der Waals surface area contributed by atoms with E-state index < -0.39 is 23.6 Å². The minimum atomic E-state index is -0.922. The van der Waals surface area contributed by atoms with E-state index in [0.717, 1.165) is 22.3 Å². The van der Waals surface area contributed by atoms with Crippen LogP contribution in [0.1, 0.15) is 36.8 Å². The Bertz CT molecular complexity index is 1040. The molecule has 2 unspecified atom stereocenters. The summed E-state index contributed by atoms with van der Waals surface area (Å²) in [5.41, 5.74) is 3.61. The number of fused-ring (bicyclic) bond motifs is 3. The molecule has 0 spiro atoms. The van der Waals surface area contributed by atoms with Crippen molar-refractivity contribution in [2.45, 2.75) is 31.8 Å². The Kier molecular flexibility index (Phi) is 6.88. The van der Waals surface area contributed by atoms with Crippen LogP contribution in [0.15, 0.2) is 48.5 Å². The first kappa shape index (κ1) is 23.8. The number of nitrogens with one attached hydrogen (secondary N) is 1. The third kappa shape index (κ3) is 4.37. The second kappa shape index (κ2) is 9.85. The van der Waals surface area contributed by atoms with E-state index in [1.807, 2.05) is 43.3 Å². The first-order valence-corrected chi connectivity index (χ1v) is 11.5. The SMILES string of the molecule is CCC1(C(=O)O)CCN(C(=O)C(CNC(=O)OCC2c3ccccc3-c3ccccc32)OC)C1. The van der Waals surface area contributed by atoms with Crippen LogP contribution in [0, 0.1) is 5.41 Å². The lowest BCUT2D eigenvalue weighted by atomic mass is 9.84. The smallest absolute Gasteiger partial charge is 0.407 e. The largest absolute Gasteiger partial charge is 0.481 e. The zero-order valence-electron chi connectivity index (χ0n) is 19.5. The van der Waals surface area contributed by atoms with Gasteiger partial charge >= 0.3 is 12.1 Å². The molecule has 1 heterocycles. The first-order chi connectivity index (χ1) is 16.4. The number of methoxy groups -OCH3 is 1. The number of carboxylic acid groups (broad SMARTS) is 1. The van der Waals surface area contributed by atoms with E-state index in [1.54, 1.807) is 0 Å². The Balaban J connectivity index is 1.32. The molecule has 0 saturated carbocycles. The van der Waals surface area contributed by atoms with Crippen molar-refractivity contribution in [3.8, 4) is 11.1 Å². The molecular formula is C26H30N2O6. The lowest BCUT2D eigenvalue weighted by molar-refractivity contribution is -0.149. The number of carboxylic acids is 1. The summed E-state index contributed by atoms with van der Waals surface area (Å²) in [6.45, 7) is 2.42. The predicted octanol–water partition coefficient (Wildman–Crippen LogP) is 3.25. The van der Waals surface area contributed by atoms with Crippen LogP contribution in [0.4, 0.5) is 4.79 Å². The number of alkyl carbamates (subject to hydrolysis) is 1. The highest BCUT2D eigenvalue weighted by Crippen LogP contribution is 2.44. The molecular weight excluding hydrogens is 436 g/mol. The molecule has 4 rings (SSSR count). The highest BCUT2D eigenvalue weighted by molar-refractivity contribution is 5.84. The maximum atomic E-state index is 12.9. The number of hydrogen-bond acceptors (Lipinski definition) is 5. The molecule has 2 aromatic carbocycles. The summed E-state index contributed by atoms with van der Waals surface area (Å²) < 4.78 is 10.8. The molecule has 2 amide bonds. The van der Waals surface area contributed by atoms with Gasteiger partial charge in [-0.2, -0.15) is 0 Å². The van der Waals surface area contributed by atoms with Crippen molar-refractivity contribution in [3.05, 3.63) is 59.7 Å². The highest BCUT2D eigenvalue weighted by atomic mass is 16.5. The van der Waals surface area contributed by atoms with Gasteiger partial charge in [-0.1, -0.05) is 55.5 Å². The summed E-state index contributed by atoms with van der Waals surface area (Å²) in [7, 11) is 1.39. The summed E-state index contributed by atoms with van der Waals surface area (Å²) in [5, 5.41) is 12.2. The van der Waals surface area contributed by atoms with Gasteiger partial charge in [-0.05, 0) is 35.1 Å². The molecule has 2 N–H and O–H groups in total. The zero-order valence-corrected chi connectivity index (χ0v) is 19.5. The molecule has 180 valence electrons. The molecule has 2 aromatic rings. The van der Waals surface area contributed by atoms with Gasteiger partial charge in [0.2, 0.25) is 0 Å².